The smallest absolute Gasteiger partial charge is 0.0847 e. The fourth-order valence-electron chi connectivity index (χ4n) is 3.38. The summed E-state index contributed by atoms with van der Waals surface area (Å²) in [5, 5.41) is 5.29. The van der Waals surface area contributed by atoms with Crippen molar-refractivity contribution in [1.82, 2.24) is 9.78 Å². The van der Waals surface area contributed by atoms with E-state index >= 15 is 0 Å². The minimum Gasteiger partial charge on any atom is -0.271 e. The van der Waals surface area contributed by atoms with Crippen molar-refractivity contribution in [2.45, 2.75) is 58.2 Å². The monoisotopic (exact) mass is 360 g/mol. The molecular weight excluding hydrogens is 336 g/mol. The first-order chi connectivity index (χ1) is 9.20. The normalized spacial score (nSPS) is 27.9. The maximum absolute atomic E-state index is 6.41. The van der Waals surface area contributed by atoms with E-state index < -0.39 is 0 Å². The third-order valence-electron chi connectivity index (χ3n) is 4.83. The second-order valence-electron chi connectivity index (χ2n) is 7.33. The lowest BCUT2D eigenvalue weighted by molar-refractivity contribution is 0.146. The number of nitrogens with zero attached hydrogens (tertiary/aromatic N) is 2. The lowest BCUT2D eigenvalue weighted by Gasteiger charge is -2.40. The van der Waals surface area contributed by atoms with Crippen molar-refractivity contribution >= 4 is 27.5 Å². The predicted molar refractivity (Wildman–Crippen MR) is 89.7 cm³/mol. The molecule has 1 saturated carbocycles. The molecule has 0 saturated heterocycles. The molecule has 20 heavy (non-hydrogen) atoms. The molecule has 1 aromatic heterocycles. The van der Waals surface area contributed by atoms with Gasteiger partial charge in [-0.05, 0) is 49.9 Å². The van der Waals surface area contributed by atoms with Crippen LogP contribution in [0.25, 0.3) is 0 Å². The number of halogens is 2. The van der Waals surface area contributed by atoms with E-state index in [4.69, 9.17) is 11.6 Å². The summed E-state index contributed by atoms with van der Waals surface area (Å²) in [6.07, 6.45) is 4.90. The molecular formula is C16H26BrClN2. The van der Waals surface area contributed by atoms with E-state index in [1.165, 1.54) is 25.0 Å². The van der Waals surface area contributed by atoms with E-state index in [0.29, 0.717) is 16.2 Å². The van der Waals surface area contributed by atoms with Crippen molar-refractivity contribution in [3.05, 3.63) is 16.4 Å². The van der Waals surface area contributed by atoms with Gasteiger partial charge >= 0.3 is 0 Å². The van der Waals surface area contributed by atoms with Crippen molar-refractivity contribution in [3.63, 3.8) is 0 Å². The van der Waals surface area contributed by atoms with Crippen LogP contribution in [-0.2, 0) is 13.5 Å². The minimum absolute atomic E-state index is 0.400. The van der Waals surface area contributed by atoms with Crippen LogP contribution in [0.5, 0.6) is 0 Å². The van der Waals surface area contributed by atoms with Gasteiger partial charge in [0.25, 0.3) is 0 Å². The summed E-state index contributed by atoms with van der Waals surface area (Å²) in [5.74, 6) is 1.45. The van der Waals surface area contributed by atoms with E-state index in [1.807, 2.05) is 18.7 Å². The molecule has 1 heterocycles. The molecule has 2 rings (SSSR count). The van der Waals surface area contributed by atoms with Crippen LogP contribution in [0.4, 0.5) is 0 Å². The quantitative estimate of drug-likeness (QED) is 0.666. The van der Waals surface area contributed by atoms with Crippen molar-refractivity contribution < 1.29 is 0 Å². The summed E-state index contributed by atoms with van der Waals surface area (Å²) in [7, 11) is 2.00. The highest BCUT2D eigenvalue weighted by Crippen LogP contribution is 2.44. The van der Waals surface area contributed by atoms with Gasteiger partial charge in [-0.3, -0.25) is 4.68 Å². The second kappa shape index (κ2) is 6.00. The molecule has 1 aromatic rings. The highest BCUT2D eigenvalue weighted by Gasteiger charge is 2.35. The van der Waals surface area contributed by atoms with E-state index in [1.54, 1.807) is 0 Å². The van der Waals surface area contributed by atoms with Crippen molar-refractivity contribution in [2.75, 3.05) is 0 Å². The Morgan fingerprint density at radius 1 is 1.35 bits per heavy atom. The molecule has 0 radical (unpaired) electrons. The number of hydrogen-bond donors (Lipinski definition) is 0. The molecule has 1 aliphatic rings. The van der Waals surface area contributed by atoms with Gasteiger partial charge < -0.3 is 0 Å². The molecule has 0 bridgehead atoms. The maximum atomic E-state index is 6.41. The van der Waals surface area contributed by atoms with E-state index in [-0.39, 0.29) is 0 Å². The van der Waals surface area contributed by atoms with Crippen LogP contribution >= 0.6 is 27.5 Å². The Kier molecular flexibility index (Phi) is 4.91. The first-order valence-corrected chi connectivity index (χ1v) is 8.81. The Morgan fingerprint density at radius 3 is 2.50 bits per heavy atom. The number of hydrogen-bond acceptors (Lipinski definition) is 1. The maximum Gasteiger partial charge on any atom is 0.0847 e. The van der Waals surface area contributed by atoms with Crippen molar-refractivity contribution in [1.29, 1.82) is 0 Å². The Bertz CT molecular complexity index is 476. The molecule has 0 aliphatic heterocycles. The molecule has 0 aromatic carbocycles. The molecule has 2 nitrogen and oxygen atoms in total. The summed E-state index contributed by atoms with van der Waals surface area (Å²) < 4.78 is 1.96. The average Bonchev–Trinajstić information content (AvgIpc) is 2.57. The summed E-state index contributed by atoms with van der Waals surface area (Å²) in [4.78, 5) is 0.604. The zero-order chi connectivity index (χ0) is 15.1. The van der Waals surface area contributed by atoms with E-state index in [9.17, 15) is 0 Å². The van der Waals surface area contributed by atoms with Gasteiger partial charge in [0.2, 0.25) is 0 Å². The fraction of sp³-hybridized carbons (Fsp3) is 0.812. The zero-order valence-corrected chi connectivity index (χ0v) is 15.6. The van der Waals surface area contributed by atoms with Gasteiger partial charge in [0, 0.05) is 11.9 Å². The Morgan fingerprint density at radius 2 is 2.00 bits per heavy atom. The number of aryl methyl sites for hydroxylation is 2. The highest BCUT2D eigenvalue weighted by molar-refractivity contribution is 9.09. The first kappa shape index (κ1) is 16.4. The highest BCUT2D eigenvalue weighted by atomic mass is 79.9. The molecule has 3 unspecified atom stereocenters. The molecule has 0 N–H and O–H groups in total. The fourth-order valence-corrected chi connectivity index (χ4v) is 4.28. The molecule has 114 valence electrons. The molecule has 0 spiro atoms. The van der Waals surface area contributed by atoms with Crippen LogP contribution < -0.4 is 0 Å². The number of alkyl halides is 1. The molecule has 1 aliphatic carbocycles. The standard InChI is InChI=1S/C16H26BrClN2/c1-10-15(18)14(20(5)19-10)9-11-8-12(16(2,3)4)6-7-13(11)17/h11-13H,6-9H2,1-5H3. The lowest BCUT2D eigenvalue weighted by Crippen LogP contribution is -2.33. The van der Waals surface area contributed by atoms with Crippen molar-refractivity contribution in [2.24, 2.45) is 24.3 Å². The number of aromatic nitrogens is 2. The SMILES string of the molecule is Cc1nn(C)c(CC2CC(C(C)(C)C)CCC2Br)c1Cl. The van der Waals surface area contributed by atoms with Gasteiger partial charge in [-0.1, -0.05) is 48.3 Å². The van der Waals surface area contributed by atoms with Gasteiger partial charge in [-0.15, -0.1) is 0 Å². The average molecular weight is 362 g/mol. The summed E-state index contributed by atoms with van der Waals surface area (Å²) in [5.41, 5.74) is 2.53. The Balaban J connectivity index is 2.14. The molecule has 4 heteroatoms. The molecule has 0 amide bonds. The van der Waals surface area contributed by atoms with Gasteiger partial charge in [0.05, 0.1) is 16.4 Å². The van der Waals surface area contributed by atoms with Gasteiger partial charge in [-0.25, -0.2) is 0 Å². The van der Waals surface area contributed by atoms with Crippen LogP contribution in [0.1, 0.15) is 51.4 Å². The van der Waals surface area contributed by atoms with Gasteiger partial charge in [-0.2, -0.15) is 5.10 Å². The van der Waals surface area contributed by atoms with Crippen LogP contribution in [-0.4, -0.2) is 14.6 Å². The predicted octanol–water partition coefficient (Wildman–Crippen LogP) is 5.15. The van der Waals surface area contributed by atoms with Gasteiger partial charge in [0.1, 0.15) is 0 Å². The summed E-state index contributed by atoms with van der Waals surface area (Å²) in [6.45, 7) is 9.08. The molecule has 1 fully saturated rings. The van der Waals surface area contributed by atoms with E-state index in [0.717, 1.165) is 23.1 Å². The second-order valence-corrected chi connectivity index (χ2v) is 8.88. The first-order valence-electron chi connectivity index (χ1n) is 7.52. The Hall–Kier alpha value is -0.0200. The van der Waals surface area contributed by atoms with Crippen LogP contribution in [0.3, 0.4) is 0 Å². The van der Waals surface area contributed by atoms with Crippen LogP contribution in [0.15, 0.2) is 0 Å². The van der Waals surface area contributed by atoms with Gasteiger partial charge in [0.15, 0.2) is 0 Å². The lowest BCUT2D eigenvalue weighted by atomic mass is 9.68. The summed E-state index contributed by atoms with van der Waals surface area (Å²) >= 11 is 10.3. The van der Waals surface area contributed by atoms with Crippen LogP contribution in [0, 0.1) is 24.2 Å². The minimum atomic E-state index is 0.400. The van der Waals surface area contributed by atoms with E-state index in [2.05, 4.69) is 41.8 Å². The third-order valence-corrected chi connectivity index (χ3v) is 6.53. The Labute approximate surface area is 136 Å². The zero-order valence-electron chi connectivity index (χ0n) is 13.2. The number of rotatable bonds is 2. The van der Waals surface area contributed by atoms with Crippen LogP contribution in [0.2, 0.25) is 5.02 Å². The molecule has 3 atom stereocenters. The largest absolute Gasteiger partial charge is 0.271 e. The van der Waals surface area contributed by atoms with Crippen molar-refractivity contribution in [3.8, 4) is 0 Å². The summed E-state index contributed by atoms with van der Waals surface area (Å²) in [6, 6.07) is 0. The topological polar surface area (TPSA) is 17.8 Å². The third kappa shape index (κ3) is 3.41.